The van der Waals surface area contributed by atoms with Crippen LogP contribution in [0.3, 0.4) is 0 Å². The molecule has 0 aromatic heterocycles. The van der Waals surface area contributed by atoms with E-state index in [9.17, 15) is 18.3 Å². The molecule has 2 aromatic carbocycles. The van der Waals surface area contributed by atoms with E-state index in [1.54, 1.807) is 0 Å². The summed E-state index contributed by atoms with van der Waals surface area (Å²) in [5, 5.41) is 10.4. The molecule has 21 heavy (non-hydrogen) atoms. The summed E-state index contributed by atoms with van der Waals surface area (Å²) in [6.45, 7) is 0. The van der Waals surface area contributed by atoms with E-state index in [-0.39, 0.29) is 16.1 Å². The van der Waals surface area contributed by atoms with Gasteiger partial charge in [-0.25, -0.2) is 0 Å². The Morgan fingerprint density at radius 2 is 1.76 bits per heavy atom. The van der Waals surface area contributed by atoms with Gasteiger partial charge in [-0.05, 0) is 23.8 Å². The number of aliphatic hydroxyl groups excluding tert-OH is 1. The number of benzene rings is 2. The predicted octanol–water partition coefficient (Wildman–Crippen LogP) is 4.45. The molecular weight excluding hydrogens is 305 g/mol. The molecular formula is C15H12ClF3O2. The summed E-state index contributed by atoms with van der Waals surface area (Å²) in [6, 6.07) is 9.28. The van der Waals surface area contributed by atoms with Gasteiger partial charge in [0.15, 0.2) is 0 Å². The fourth-order valence-electron chi connectivity index (χ4n) is 2.02. The van der Waals surface area contributed by atoms with Crippen LogP contribution in [0.2, 0.25) is 5.02 Å². The Balaban J connectivity index is 2.48. The van der Waals surface area contributed by atoms with Crippen LogP contribution in [-0.2, 0) is 6.18 Å². The Bertz CT molecular complexity index is 641. The molecule has 1 atom stereocenters. The molecule has 0 amide bonds. The first-order chi connectivity index (χ1) is 9.84. The molecule has 0 bridgehead atoms. The highest BCUT2D eigenvalue weighted by Gasteiger charge is 2.35. The van der Waals surface area contributed by atoms with Gasteiger partial charge in [0.1, 0.15) is 11.9 Å². The normalized spacial score (nSPS) is 13.0. The van der Waals surface area contributed by atoms with Crippen LogP contribution in [-0.4, -0.2) is 12.2 Å². The molecule has 1 unspecified atom stereocenters. The molecule has 0 aliphatic heterocycles. The van der Waals surface area contributed by atoms with Gasteiger partial charge in [0.2, 0.25) is 0 Å². The molecule has 6 heteroatoms. The molecule has 0 spiro atoms. The van der Waals surface area contributed by atoms with Crippen molar-refractivity contribution < 1.29 is 23.0 Å². The van der Waals surface area contributed by atoms with Crippen LogP contribution in [0, 0.1) is 0 Å². The maximum absolute atomic E-state index is 13.0. The average Bonchev–Trinajstić information content (AvgIpc) is 2.45. The van der Waals surface area contributed by atoms with Crippen LogP contribution in [0.4, 0.5) is 13.2 Å². The lowest BCUT2D eigenvalue weighted by Gasteiger charge is -2.19. The summed E-state index contributed by atoms with van der Waals surface area (Å²) in [6.07, 6.45) is -6.02. The van der Waals surface area contributed by atoms with Gasteiger partial charge < -0.3 is 9.84 Å². The Kier molecular flexibility index (Phi) is 4.44. The average molecular weight is 317 g/mol. The number of ether oxygens (including phenoxy) is 1. The zero-order chi connectivity index (χ0) is 15.6. The lowest BCUT2D eigenvalue weighted by atomic mass is 9.96. The fraction of sp³-hybridized carbons (Fsp3) is 0.200. The highest BCUT2D eigenvalue weighted by molar-refractivity contribution is 6.31. The molecule has 2 nitrogen and oxygen atoms in total. The van der Waals surface area contributed by atoms with Crippen LogP contribution < -0.4 is 4.74 Å². The van der Waals surface area contributed by atoms with Crippen molar-refractivity contribution in [2.24, 2.45) is 0 Å². The molecule has 112 valence electrons. The first kappa shape index (κ1) is 15.7. The van der Waals surface area contributed by atoms with Gasteiger partial charge in [0, 0.05) is 5.56 Å². The molecule has 0 heterocycles. The van der Waals surface area contributed by atoms with E-state index in [0.29, 0.717) is 5.75 Å². The molecule has 0 radical (unpaired) electrons. The summed E-state index contributed by atoms with van der Waals surface area (Å²) in [4.78, 5) is 0. The smallest absolute Gasteiger partial charge is 0.416 e. The van der Waals surface area contributed by atoms with Crippen LogP contribution in [0.15, 0.2) is 42.5 Å². The van der Waals surface area contributed by atoms with E-state index in [1.807, 2.05) is 0 Å². The van der Waals surface area contributed by atoms with Gasteiger partial charge >= 0.3 is 6.18 Å². The molecule has 0 fully saturated rings. The second kappa shape index (κ2) is 5.95. The minimum atomic E-state index is -4.55. The van der Waals surface area contributed by atoms with Gasteiger partial charge in [-0.15, -0.1) is 0 Å². The Morgan fingerprint density at radius 1 is 1.10 bits per heavy atom. The third-order valence-corrected chi connectivity index (χ3v) is 3.39. The molecule has 0 saturated carbocycles. The summed E-state index contributed by atoms with van der Waals surface area (Å²) in [5.41, 5.74) is -0.935. The van der Waals surface area contributed by atoms with Crippen LogP contribution in [0.25, 0.3) is 0 Å². The Labute approximate surface area is 124 Å². The summed E-state index contributed by atoms with van der Waals surface area (Å²) in [5.74, 6) is 0.458. The maximum Gasteiger partial charge on any atom is 0.416 e. The zero-order valence-corrected chi connectivity index (χ0v) is 11.7. The number of alkyl halides is 3. The van der Waals surface area contributed by atoms with E-state index in [0.717, 1.165) is 6.07 Å². The van der Waals surface area contributed by atoms with Gasteiger partial charge in [-0.3, -0.25) is 0 Å². The lowest BCUT2D eigenvalue weighted by Crippen LogP contribution is -2.12. The topological polar surface area (TPSA) is 29.5 Å². The number of rotatable bonds is 3. The van der Waals surface area contributed by atoms with Crippen molar-refractivity contribution >= 4 is 11.6 Å². The van der Waals surface area contributed by atoms with E-state index in [1.165, 1.54) is 43.5 Å². The number of aliphatic hydroxyl groups is 1. The van der Waals surface area contributed by atoms with E-state index < -0.39 is 17.8 Å². The van der Waals surface area contributed by atoms with Gasteiger partial charge in [0.05, 0.1) is 17.7 Å². The van der Waals surface area contributed by atoms with Crippen LogP contribution in [0.1, 0.15) is 22.8 Å². The fourth-order valence-corrected chi connectivity index (χ4v) is 2.29. The molecule has 0 saturated heterocycles. The monoisotopic (exact) mass is 316 g/mol. The lowest BCUT2D eigenvalue weighted by molar-refractivity contribution is -0.139. The standard InChI is InChI=1S/C15H12ClF3O2/c1-21-9-6-7-11(13(16)8-9)14(20)10-4-2-3-5-12(10)15(17,18)19/h2-8,14,20H,1H3. The second-order valence-corrected chi connectivity index (χ2v) is 4.78. The third kappa shape index (κ3) is 3.31. The minimum absolute atomic E-state index is 0.138. The third-order valence-electron chi connectivity index (χ3n) is 3.06. The Hall–Kier alpha value is -1.72. The first-order valence-corrected chi connectivity index (χ1v) is 6.40. The van der Waals surface area contributed by atoms with Crippen molar-refractivity contribution in [2.75, 3.05) is 7.11 Å². The van der Waals surface area contributed by atoms with Gasteiger partial charge in [0.25, 0.3) is 0 Å². The molecule has 1 N–H and O–H groups in total. The van der Waals surface area contributed by atoms with Crippen LogP contribution in [0.5, 0.6) is 5.75 Å². The van der Waals surface area contributed by atoms with Crippen LogP contribution >= 0.6 is 11.6 Å². The molecule has 2 aromatic rings. The number of hydrogen-bond donors (Lipinski definition) is 1. The summed E-state index contributed by atoms with van der Waals surface area (Å²) < 4.78 is 43.9. The van der Waals surface area contributed by atoms with E-state index in [2.05, 4.69) is 0 Å². The van der Waals surface area contributed by atoms with Crippen molar-refractivity contribution in [3.63, 3.8) is 0 Å². The first-order valence-electron chi connectivity index (χ1n) is 6.02. The number of hydrogen-bond acceptors (Lipinski definition) is 2. The van der Waals surface area contributed by atoms with Crippen molar-refractivity contribution in [1.82, 2.24) is 0 Å². The van der Waals surface area contributed by atoms with Crippen molar-refractivity contribution in [3.05, 3.63) is 64.2 Å². The highest BCUT2D eigenvalue weighted by Crippen LogP contribution is 2.38. The van der Waals surface area contributed by atoms with Gasteiger partial charge in [-0.2, -0.15) is 13.2 Å². The predicted molar refractivity (Wildman–Crippen MR) is 73.5 cm³/mol. The van der Waals surface area contributed by atoms with E-state index >= 15 is 0 Å². The van der Waals surface area contributed by atoms with E-state index in [4.69, 9.17) is 16.3 Å². The Morgan fingerprint density at radius 3 is 2.33 bits per heavy atom. The summed E-state index contributed by atoms with van der Waals surface area (Å²) >= 11 is 6.00. The zero-order valence-electron chi connectivity index (χ0n) is 11.0. The SMILES string of the molecule is COc1ccc(C(O)c2ccccc2C(F)(F)F)c(Cl)c1. The summed E-state index contributed by atoms with van der Waals surface area (Å²) in [7, 11) is 1.45. The largest absolute Gasteiger partial charge is 0.497 e. The second-order valence-electron chi connectivity index (χ2n) is 4.37. The molecule has 0 aliphatic carbocycles. The quantitative estimate of drug-likeness (QED) is 0.906. The highest BCUT2D eigenvalue weighted by atomic mass is 35.5. The van der Waals surface area contributed by atoms with Crippen molar-refractivity contribution in [3.8, 4) is 5.75 Å². The minimum Gasteiger partial charge on any atom is -0.497 e. The maximum atomic E-state index is 13.0. The molecule has 0 aliphatic rings. The van der Waals surface area contributed by atoms with Gasteiger partial charge in [-0.1, -0.05) is 35.9 Å². The van der Waals surface area contributed by atoms with Crippen molar-refractivity contribution in [2.45, 2.75) is 12.3 Å². The number of halogens is 4. The van der Waals surface area contributed by atoms with Crippen molar-refractivity contribution in [1.29, 1.82) is 0 Å². The number of methoxy groups -OCH3 is 1. The molecule has 2 rings (SSSR count).